The smallest absolute Gasteiger partial charge is 0.221 e. The van der Waals surface area contributed by atoms with E-state index in [0.717, 1.165) is 0 Å². The first kappa shape index (κ1) is 15.2. The van der Waals surface area contributed by atoms with E-state index in [1.54, 1.807) is 12.1 Å². The van der Waals surface area contributed by atoms with Crippen LogP contribution in [0, 0.1) is 0 Å². The molecule has 0 heterocycles. The molecule has 1 rings (SSSR count). The molecule has 0 fully saturated rings. The summed E-state index contributed by atoms with van der Waals surface area (Å²) in [5, 5.41) is 2.67. The molecule has 0 aliphatic carbocycles. The highest BCUT2D eigenvalue weighted by atomic mass is 79.9. The highest BCUT2D eigenvalue weighted by Crippen LogP contribution is 2.17. The molecule has 100 valence electrons. The minimum atomic E-state index is -3.40. The molecule has 6 heteroatoms. The number of sulfone groups is 1. The van der Waals surface area contributed by atoms with Crippen LogP contribution in [0.15, 0.2) is 33.6 Å². The second-order valence-electron chi connectivity index (χ2n) is 4.25. The third kappa shape index (κ3) is 4.78. The third-order valence-electron chi connectivity index (χ3n) is 2.20. The van der Waals surface area contributed by atoms with E-state index in [1.165, 1.54) is 12.1 Å². The Morgan fingerprint density at radius 1 is 1.39 bits per heavy atom. The number of nitrogens with one attached hydrogen (secondary N) is 1. The molecule has 0 atom stereocenters. The zero-order valence-electron chi connectivity index (χ0n) is 10.3. The summed E-state index contributed by atoms with van der Waals surface area (Å²) >= 11 is 3.22. The Kier molecular flexibility index (Phi) is 5.34. The summed E-state index contributed by atoms with van der Waals surface area (Å²) < 4.78 is 24.7. The van der Waals surface area contributed by atoms with Gasteiger partial charge in [0, 0.05) is 16.9 Å². The van der Waals surface area contributed by atoms with Gasteiger partial charge in [-0.1, -0.05) is 22.0 Å². The average Bonchev–Trinajstić information content (AvgIpc) is 2.26. The number of hydrogen-bond acceptors (Lipinski definition) is 3. The summed E-state index contributed by atoms with van der Waals surface area (Å²) in [6.07, 6.45) is -0.0208. The quantitative estimate of drug-likeness (QED) is 0.897. The van der Waals surface area contributed by atoms with Crippen LogP contribution >= 0.6 is 15.9 Å². The number of halogens is 1. The molecule has 0 unspecified atom stereocenters. The molecule has 0 bridgehead atoms. The molecule has 0 saturated heterocycles. The normalized spacial score (nSPS) is 11.6. The number of carbonyl (C=O) groups excluding carboxylic acids is 1. The van der Waals surface area contributed by atoms with Gasteiger partial charge in [0.1, 0.15) is 0 Å². The van der Waals surface area contributed by atoms with Crippen molar-refractivity contribution in [1.29, 1.82) is 0 Å². The van der Waals surface area contributed by atoms with Crippen LogP contribution in [0.3, 0.4) is 0 Å². The Morgan fingerprint density at radius 3 is 2.61 bits per heavy atom. The number of carbonyl (C=O) groups is 1. The van der Waals surface area contributed by atoms with E-state index in [-0.39, 0.29) is 29.0 Å². The van der Waals surface area contributed by atoms with E-state index in [0.29, 0.717) is 4.47 Å². The maximum atomic E-state index is 12.0. The molecule has 1 aromatic carbocycles. The lowest BCUT2D eigenvalue weighted by Crippen LogP contribution is -2.31. The molecule has 18 heavy (non-hydrogen) atoms. The Bertz CT molecular complexity index is 526. The Labute approximate surface area is 116 Å². The van der Waals surface area contributed by atoms with Crippen LogP contribution in [0.4, 0.5) is 0 Å². The van der Waals surface area contributed by atoms with Gasteiger partial charge in [-0.2, -0.15) is 0 Å². The fourth-order valence-corrected chi connectivity index (χ4v) is 3.23. The monoisotopic (exact) mass is 333 g/mol. The minimum absolute atomic E-state index is 0.0195. The van der Waals surface area contributed by atoms with E-state index in [9.17, 15) is 13.2 Å². The molecular formula is C12H16BrNO3S. The molecule has 0 aliphatic rings. The van der Waals surface area contributed by atoms with Crippen LogP contribution in [0.5, 0.6) is 0 Å². The summed E-state index contributed by atoms with van der Waals surface area (Å²) in [6, 6.07) is 6.50. The predicted octanol–water partition coefficient (Wildman–Crippen LogP) is 2.14. The highest BCUT2D eigenvalue weighted by Gasteiger charge is 2.16. The Morgan fingerprint density at radius 2 is 2.06 bits per heavy atom. The van der Waals surface area contributed by atoms with Gasteiger partial charge in [0.05, 0.1) is 10.6 Å². The first-order valence-corrected chi connectivity index (χ1v) is 8.03. The van der Waals surface area contributed by atoms with Crippen molar-refractivity contribution in [2.24, 2.45) is 0 Å². The van der Waals surface area contributed by atoms with Crippen LogP contribution in [0.1, 0.15) is 20.3 Å². The summed E-state index contributed by atoms with van der Waals surface area (Å²) in [5.74, 6) is -0.425. The summed E-state index contributed by atoms with van der Waals surface area (Å²) in [5.41, 5.74) is 0. The molecule has 0 aliphatic heterocycles. The molecule has 1 aromatic rings. The van der Waals surface area contributed by atoms with Crippen molar-refractivity contribution in [3.63, 3.8) is 0 Å². The van der Waals surface area contributed by atoms with E-state index in [4.69, 9.17) is 0 Å². The second kappa shape index (κ2) is 6.33. The number of amides is 1. The lowest BCUT2D eigenvalue weighted by atomic mass is 10.3. The van der Waals surface area contributed by atoms with Crippen LogP contribution in [-0.2, 0) is 14.6 Å². The van der Waals surface area contributed by atoms with Crippen molar-refractivity contribution < 1.29 is 13.2 Å². The van der Waals surface area contributed by atoms with Gasteiger partial charge in [0.2, 0.25) is 5.91 Å². The zero-order chi connectivity index (χ0) is 13.8. The van der Waals surface area contributed by atoms with Gasteiger partial charge in [-0.25, -0.2) is 8.42 Å². The van der Waals surface area contributed by atoms with Crippen molar-refractivity contribution in [2.45, 2.75) is 31.2 Å². The standard InChI is InChI=1S/C12H16BrNO3S/c1-9(2)14-12(15)6-7-18(16,17)11-5-3-4-10(13)8-11/h3-5,8-9H,6-7H2,1-2H3,(H,14,15). The Hall–Kier alpha value is -0.880. The molecule has 0 spiro atoms. The lowest BCUT2D eigenvalue weighted by Gasteiger charge is -2.08. The van der Waals surface area contributed by atoms with E-state index in [1.807, 2.05) is 13.8 Å². The van der Waals surface area contributed by atoms with E-state index in [2.05, 4.69) is 21.2 Å². The van der Waals surface area contributed by atoms with Crippen molar-refractivity contribution >= 4 is 31.7 Å². The highest BCUT2D eigenvalue weighted by molar-refractivity contribution is 9.10. The molecule has 0 aromatic heterocycles. The SMILES string of the molecule is CC(C)NC(=O)CCS(=O)(=O)c1cccc(Br)c1. The van der Waals surface area contributed by atoms with E-state index >= 15 is 0 Å². The van der Waals surface area contributed by atoms with Gasteiger partial charge in [-0.3, -0.25) is 4.79 Å². The molecule has 1 N–H and O–H groups in total. The van der Waals surface area contributed by atoms with Crippen molar-refractivity contribution in [3.05, 3.63) is 28.7 Å². The first-order chi connectivity index (χ1) is 8.31. The zero-order valence-corrected chi connectivity index (χ0v) is 12.7. The van der Waals surface area contributed by atoms with Gasteiger partial charge >= 0.3 is 0 Å². The van der Waals surface area contributed by atoms with Crippen LogP contribution < -0.4 is 5.32 Å². The average molecular weight is 334 g/mol. The largest absolute Gasteiger partial charge is 0.354 e. The van der Waals surface area contributed by atoms with Crippen molar-refractivity contribution in [1.82, 2.24) is 5.32 Å². The maximum absolute atomic E-state index is 12.0. The predicted molar refractivity (Wildman–Crippen MR) is 74.1 cm³/mol. The van der Waals surface area contributed by atoms with Gasteiger partial charge in [0.15, 0.2) is 9.84 Å². The molecule has 0 saturated carbocycles. The fraction of sp³-hybridized carbons (Fsp3) is 0.417. The Balaban J connectivity index is 2.69. The van der Waals surface area contributed by atoms with E-state index < -0.39 is 9.84 Å². The molecule has 0 radical (unpaired) electrons. The first-order valence-electron chi connectivity index (χ1n) is 5.59. The third-order valence-corrected chi connectivity index (χ3v) is 4.41. The summed E-state index contributed by atoms with van der Waals surface area (Å²) in [4.78, 5) is 11.6. The molecule has 1 amide bonds. The van der Waals surface area contributed by atoms with Gasteiger partial charge in [-0.15, -0.1) is 0 Å². The molecular weight excluding hydrogens is 318 g/mol. The topological polar surface area (TPSA) is 63.2 Å². The number of hydrogen-bond donors (Lipinski definition) is 1. The van der Waals surface area contributed by atoms with Crippen LogP contribution in [0.25, 0.3) is 0 Å². The van der Waals surface area contributed by atoms with Crippen LogP contribution in [0.2, 0.25) is 0 Å². The van der Waals surface area contributed by atoms with Crippen LogP contribution in [-0.4, -0.2) is 26.1 Å². The minimum Gasteiger partial charge on any atom is -0.354 e. The maximum Gasteiger partial charge on any atom is 0.221 e. The van der Waals surface area contributed by atoms with Crippen molar-refractivity contribution in [3.8, 4) is 0 Å². The van der Waals surface area contributed by atoms with Crippen molar-refractivity contribution in [2.75, 3.05) is 5.75 Å². The summed E-state index contributed by atoms with van der Waals surface area (Å²) in [6.45, 7) is 3.67. The second-order valence-corrected chi connectivity index (χ2v) is 7.27. The molecule has 4 nitrogen and oxygen atoms in total. The van der Waals surface area contributed by atoms with Gasteiger partial charge in [-0.05, 0) is 32.0 Å². The lowest BCUT2D eigenvalue weighted by molar-refractivity contribution is -0.121. The van der Waals surface area contributed by atoms with Gasteiger partial charge < -0.3 is 5.32 Å². The van der Waals surface area contributed by atoms with Gasteiger partial charge in [0.25, 0.3) is 0 Å². The fourth-order valence-electron chi connectivity index (χ4n) is 1.40. The summed E-state index contributed by atoms with van der Waals surface area (Å²) in [7, 11) is -3.40. The number of benzene rings is 1. The number of rotatable bonds is 5.